The Balaban J connectivity index is 2.19. The average Bonchev–Trinajstić information content (AvgIpc) is 2.46. The average molecular weight is 263 g/mol. The van der Waals surface area contributed by atoms with Crippen molar-refractivity contribution in [2.75, 3.05) is 5.32 Å². The molecule has 3 rings (SSSR count). The summed E-state index contributed by atoms with van der Waals surface area (Å²) in [6.07, 6.45) is 4.29. The molecule has 0 aliphatic rings. The summed E-state index contributed by atoms with van der Waals surface area (Å²) >= 11 is 0. The number of para-hydroxylation sites is 1. The van der Waals surface area contributed by atoms with Crippen molar-refractivity contribution in [3.8, 4) is 0 Å². The molecule has 2 nitrogen and oxygen atoms in total. The van der Waals surface area contributed by atoms with Gasteiger partial charge >= 0.3 is 0 Å². The third-order valence-electron chi connectivity index (χ3n) is 3.92. The van der Waals surface area contributed by atoms with E-state index < -0.39 is 0 Å². The molecule has 1 aromatic carbocycles. The second kappa shape index (κ2) is 4.97. The molecule has 0 aliphatic carbocycles. The van der Waals surface area contributed by atoms with E-state index in [1.807, 2.05) is 18.2 Å². The molecule has 100 valence electrons. The SMILES string of the molecule is Cc1c[n+]2cccc(Nc3ccccc3)c2c(C)c1C. The molecule has 3 aromatic rings. The predicted molar refractivity (Wildman–Crippen MR) is 83.5 cm³/mol. The summed E-state index contributed by atoms with van der Waals surface area (Å²) in [7, 11) is 0. The van der Waals surface area contributed by atoms with Gasteiger partial charge in [0.1, 0.15) is 5.69 Å². The number of fused-ring (bicyclic) bond motifs is 1. The maximum atomic E-state index is 3.51. The minimum absolute atomic E-state index is 1.11. The fraction of sp³-hybridized carbons (Fsp3) is 0.167. The number of nitrogens with one attached hydrogen (secondary N) is 1. The maximum Gasteiger partial charge on any atom is 0.237 e. The van der Waals surface area contributed by atoms with Gasteiger partial charge in [0, 0.05) is 22.9 Å². The van der Waals surface area contributed by atoms with Gasteiger partial charge in [-0.2, -0.15) is 4.40 Å². The lowest BCUT2D eigenvalue weighted by molar-refractivity contribution is -0.512. The molecule has 20 heavy (non-hydrogen) atoms. The third-order valence-corrected chi connectivity index (χ3v) is 3.92. The van der Waals surface area contributed by atoms with Crippen LogP contribution in [0, 0.1) is 20.8 Å². The van der Waals surface area contributed by atoms with Gasteiger partial charge in [0.05, 0.1) is 0 Å². The normalized spacial score (nSPS) is 10.8. The molecular formula is C18H19N2+. The highest BCUT2D eigenvalue weighted by atomic mass is 14.9. The van der Waals surface area contributed by atoms with Gasteiger partial charge in [-0.05, 0) is 44.5 Å². The summed E-state index contributed by atoms with van der Waals surface area (Å²) in [4.78, 5) is 0. The van der Waals surface area contributed by atoms with Crippen LogP contribution in [-0.4, -0.2) is 0 Å². The van der Waals surface area contributed by atoms with Crippen LogP contribution in [-0.2, 0) is 0 Å². The van der Waals surface area contributed by atoms with Crippen LogP contribution in [0.2, 0.25) is 0 Å². The van der Waals surface area contributed by atoms with Crippen LogP contribution in [0.25, 0.3) is 5.52 Å². The lowest BCUT2D eigenvalue weighted by Crippen LogP contribution is -2.24. The standard InChI is InChI=1S/C18H19N2/c1-13-12-20-11-7-10-17(18(20)15(3)14(13)2)19-16-8-5-4-6-9-16/h4-12,19H,1-3H3/q+1. The molecule has 2 heterocycles. The van der Waals surface area contributed by atoms with E-state index in [1.165, 1.54) is 22.2 Å². The Morgan fingerprint density at radius 2 is 1.60 bits per heavy atom. The van der Waals surface area contributed by atoms with Crippen LogP contribution < -0.4 is 9.72 Å². The molecular weight excluding hydrogens is 244 g/mol. The summed E-state index contributed by atoms with van der Waals surface area (Å²) in [5, 5.41) is 3.51. The Hall–Kier alpha value is -2.35. The topological polar surface area (TPSA) is 16.1 Å². The number of hydrogen-bond acceptors (Lipinski definition) is 1. The Morgan fingerprint density at radius 1 is 0.850 bits per heavy atom. The van der Waals surface area contributed by atoms with Gasteiger partial charge in [0.2, 0.25) is 5.52 Å². The van der Waals surface area contributed by atoms with Crippen LogP contribution in [0.4, 0.5) is 11.4 Å². The zero-order chi connectivity index (χ0) is 14.1. The highest BCUT2D eigenvalue weighted by Crippen LogP contribution is 2.24. The summed E-state index contributed by atoms with van der Waals surface area (Å²) in [5.74, 6) is 0. The fourth-order valence-electron chi connectivity index (χ4n) is 2.58. The Labute approximate surface area is 119 Å². The van der Waals surface area contributed by atoms with Crippen molar-refractivity contribution >= 4 is 16.9 Å². The number of hydrogen-bond donors (Lipinski definition) is 1. The molecule has 0 atom stereocenters. The van der Waals surface area contributed by atoms with E-state index in [1.54, 1.807) is 0 Å². The van der Waals surface area contributed by atoms with Gasteiger partial charge in [-0.15, -0.1) is 0 Å². The van der Waals surface area contributed by atoms with Gasteiger partial charge < -0.3 is 5.32 Å². The first-order valence-electron chi connectivity index (χ1n) is 6.89. The zero-order valence-corrected chi connectivity index (χ0v) is 12.1. The minimum atomic E-state index is 1.11. The first kappa shape index (κ1) is 12.7. The van der Waals surface area contributed by atoms with Gasteiger partial charge in [0.15, 0.2) is 12.4 Å². The molecule has 0 spiro atoms. The molecule has 0 aliphatic heterocycles. The van der Waals surface area contributed by atoms with Crippen LogP contribution in [0.5, 0.6) is 0 Å². The summed E-state index contributed by atoms with van der Waals surface area (Å²) < 4.78 is 2.20. The minimum Gasteiger partial charge on any atom is -0.350 e. The summed E-state index contributed by atoms with van der Waals surface area (Å²) in [5.41, 5.74) is 7.48. The van der Waals surface area contributed by atoms with Gasteiger partial charge in [0.25, 0.3) is 0 Å². The van der Waals surface area contributed by atoms with E-state index in [0.717, 1.165) is 11.4 Å². The zero-order valence-electron chi connectivity index (χ0n) is 12.1. The third kappa shape index (κ3) is 2.14. The van der Waals surface area contributed by atoms with Crippen molar-refractivity contribution in [1.82, 2.24) is 0 Å². The Kier molecular flexibility index (Phi) is 3.15. The smallest absolute Gasteiger partial charge is 0.237 e. The molecule has 1 N–H and O–H groups in total. The number of nitrogens with zero attached hydrogens (tertiary/aromatic N) is 1. The predicted octanol–water partition coefficient (Wildman–Crippen LogP) is 4.09. The van der Waals surface area contributed by atoms with Gasteiger partial charge in [-0.25, -0.2) is 0 Å². The largest absolute Gasteiger partial charge is 0.350 e. The van der Waals surface area contributed by atoms with Crippen molar-refractivity contribution in [3.63, 3.8) is 0 Å². The molecule has 0 saturated carbocycles. The lowest BCUT2D eigenvalue weighted by Gasteiger charge is -2.10. The quantitative estimate of drug-likeness (QED) is 0.689. The van der Waals surface area contributed by atoms with E-state index in [9.17, 15) is 0 Å². The number of pyridine rings is 2. The summed E-state index contributed by atoms with van der Waals surface area (Å²) in [6, 6.07) is 14.5. The van der Waals surface area contributed by atoms with Gasteiger partial charge in [-0.1, -0.05) is 18.2 Å². The second-order valence-corrected chi connectivity index (χ2v) is 5.23. The summed E-state index contributed by atoms with van der Waals surface area (Å²) in [6.45, 7) is 6.53. The van der Waals surface area contributed by atoms with Crippen LogP contribution in [0.15, 0.2) is 54.9 Å². The highest BCUT2D eigenvalue weighted by molar-refractivity contribution is 5.77. The Morgan fingerprint density at radius 3 is 2.35 bits per heavy atom. The van der Waals surface area contributed by atoms with Crippen molar-refractivity contribution in [2.45, 2.75) is 20.8 Å². The second-order valence-electron chi connectivity index (χ2n) is 5.23. The maximum absolute atomic E-state index is 3.51. The van der Waals surface area contributed by atoms with Gasteiger partial charge in [-0.3, -0.25) is 0 Å². The van der Waals surface area contributed by atoms with Crippen molar-refractivity contribution < 1.29 is 4.40 Å². The fourth-order valence-corrected chi connectivity index (χ4v) is 2.58. The first-order valence-corrected chi connectivity index (χ1v) is 6.89. The van der Waals surface area contributed by atoms with Crippen LogP contribution in [0.1, 0.15) is 16.7 Å². The number of benzene rings is 1. The lowest BCUT2D eigenvalue weighted by atomic mass is 10.0. The molecule has 0 amide bonds. The molecule has 2 aromatic heterocycles. The molecule has 0 unspecified atom stereocenters. The molecule has 0 saturated heterocycles. The molecule has 0 bridgehead atoms. The number of aromatic nitrogens is 1. The van der Waals surface area contributed by atoms with E-state index in [4.69, 9.17) is 0 Å². The molecule has 0 fully saturated rings. The molecule has 2 heteroatoms. The van der Waals surface area contributed by atoms with Crippen molar-refractivity contribution in [1.29, 1.82) is 0 Å². The van der Waals surface area contributed by atoms with E-state index in [2.05, 4.69) is 67.1 Å². The number of rotatable bonds is 2. The van der Waals surface area contributed by atoms with Crippen LogP contribution in [0.3, 0.4) is 0 Å². The van der Waals surface area contributed by atoms with Crippen molar-refractivity contribution in [3.05, 3.63) is 71.5 Å². The Bertz CT molecular complexity index is 761. The van der Waals surface area contributed by atoms with E-state index in [0.29, 0.717) is 0 Å². The first-order chi connectivity index (χ1) is 9.66. The molecule has 0 radical (unpaired) electrons. The number of aryl methyl sites for hydroxylation is 2. The van der Waals surface area contributed by atoms with Crippen molar-refractivity contribution in [2.24, 2.45) is 0 Å². The monoisotopic (exact) mass is 263 g/mol. The number of anilines is 2. The van der Waals surface area contributed by atoms with E-state index >= 15 is 0 Å². The van der Waals surface area contributed by atoms with E-state index in [-0.39, 0.29) is 0 Å². The highest BCUT2D eigenvalue weighted by Gasteiger charge is 2.15. The van der Waals surface area contributed by atoms with Crippen LogP contribution >= 0.6 is 0 Å².